The number of esters is 1. The SMILES string of the molecule is CNCC1CN(CCCC(=O)OC)CCO1. The molecule has 0 saturated carbocycles. The van der Waals surface area contributed by atoms with Gasteiger partial charge in [-0.2, -0.15) is 0 Å². The van der Waals surface area contributed by atoms with Crippen LogP contribution in [-0.4, -0.2) is 63.9 Å². The van der Waals surface area contributed by atoms with E-state index in [0.29, 0.717) is 6.42 Å². The van der Waals surface area contributed by atoms with Crippen LogP contribution in [0, 0.1) is 0 Å². The summed E-state index contributed by atoms with van der Waals surface area (Å²) in [4.78, 5) is 13.3. The monoisotopic (exact) mass is 230 g/mol. The zero-order valence-electron chi connectivity index (χ0n) is 10.2. The molecule has 1 aliphatic heterocycles. The van der Waals surface area contributed by atoms with Crippen LogP contribution in [0.5, 0.6) is 0 Å². The smallest absolute Gasteiger partial charge is 0.305 e. The zero-order chi connectivity index (χ0) is 11.8. The van der Waals surface area contributed by atoms with Crippen LogP contribution in [0.15, 0.2) is 0 Å². The molecule has 0 aromatic heterocycles. The minimum absolute atomic E-state index is 0.125. The third-order valence-corrected chi connectivity index (χ3v) is 2.74. The van der Waals surface area contributed by atoms with E-state index in [-0.39, 0.29) is 12.1 Å². The van der Waals surface area contributed by atoms with Gasteiger partial charge in [-0.3, -0.25) is 9.69 Å². The first-order valence-electron chi connectivity index (χ1n) is 5.81. The summed E-state index contributed by atoms with van der Waals surface area (Å²) in [7, 11) is 3.36. The first kappa shape index (κ1) is 13.4. The second kappa shape index (κ2) is 7.60. The summed E-state index contributed by atoms with van der Waals surface area (Å²) in [5.41, 5.74) is 0. The molecule has 1 atom stereocenters. The Kier molecular flexibility index (Phi) is 6.37. The van der Waals surface area contributed by atoms with E-state index < -0.39 is 0 Å². The Labute approximate surface area is 97.1 Å². The van der Waals surface area contributed by atoms with Crippen molar-refractivity contribution in [3.05, 3.63) is 0 Å². The van der Waals surface area contributed by atoms with Crippen LogP contribution in [0.2, 0.25) is 0 Å². The van der Waals surface area contributed by atoms with Crippen molar-refractivity contribution in [3.8, 4) is 0 Å². The highest BCUT2D eigenvalue weighted by Gasteiger charge is 2.19. The molecular formula is C11H22N2O3. The largest absolute Gasteiger partial charge is 0.469 e. The molecule has 94 valence electrons. The zero-order valence-corrected chi connectivity index (χ0v) is 10.2. The van der Waals surface area contributed by atoms with Crippen LogP contribution < -0.4 is 5.32 Å². The Balaban J connectivity index is 2.14. The maximum atomic E-state index is 10.9. The van der Waals surface area contributed by atoms with Gasteiger partial charge in [-0.1, -0.05) is 0 Å². The molecule has 5 nitrogen and oxygen atoms in total. The number of nitrogens with one attached hydrogen (secondary N) is 1. The van der Waals surface area contributed by atoms with Gasteiger partial charge in [-0.05, 0) is 20.0 Å². The van der Waals surface area contributed by atoms with Crippen LogP contribution in [0.3, 0.4) is 0 Å². The van der Waals surface area contributed by atoms with E-state index in [2.05, 4.69) is 15.0 Å². The second-order valence-corrected chi connectivity index (χ2v) is 4.03. The lowest BCUT2D eigenvalue weighted by atomic mass is 10.2. The fraction of sp³-hybridized carbons (Fsp3) is 0.909. The molecule has 1 saturated heterocycles. The molecule has 0 aromatic rings. The van der Waals surface area contributed by atoms with E-state index in [4.69, 9.17) is 4.74 Å². The van der Waals surface area contributed by atoms with Gasteiger partial charge in [0.05, 0.1) is 19.8 Å². The van der Waals surface area contributed by atoms with E-state index in [9.17, 15) is 4.79 Å². The highest BCUT2D eigenvalue weighted by molar-refractivity contribution is 5.69. The number of nitrogens with zero attached hydrogens (tertiary/aromatic N) is 1. The number of carbonyl (C=O) groups excluding carboxylic acids is 1. The molecule has 0 bridgehead atoms. The summed E-state index contributed by atoms with van der Waals surface area (Å²) in [5, 5.41) is 3.12. The Hall–Kier alpha value is -0.650. The second-order valence-electron chi connectivity index (χ2n) is 4.03. The molecule has 0 aromatic carbocycles. The van der Waals surface area contributed by atoms with Crippen molar-refractivity contribution in [3.63, 3.8) is 0 Å². The predicted molar refractivity (Wildman–Crippen MR) is 61.4 cm³/mol. The molecule has 0 amide bonds. The average Bonchev–Trinajstić information content (AvgIpc) is 2.30. The fourth-order valence-corrected chi connectivity index (χ4v) is 1.88. The molecule has 0 aliphatic carbocycles. The maximum absolute atomic E-state index is 10.9. The Morgan fingerprint density at radius 1 is 1.62 bits per heavy atom. The Morgan fingerprint density at radius 2 is 2.44 bits per heavy atom. The van der Waals surface area contributed by atoms with Crippen molar-refractivity contribution in [2.75, 3.05) is 46.9 Å². The van der Waals surface area contributed by atoms with Gasteiger partial charge in [0, 0.05) is 26.1 Å². The number of hydrogen-bond donors (Lipinski definition) is 1. The van der Waals surface area contributed by atoms with Gasteiger partial charge in [0.25, 0.3) is 0 Å². The number of rotatable bonds is 6. The van der Waals surface area contributed by atoms with E-state index in [1.807, 2.05) is 7.05 Å². The normalized spacial score (nSPS) is 22.0. The van der Waals surface area contributed by atoms with Gasteiger partial charge >= 0.3 is 5.97 Å². The molecule has 0 spiro atoms. The van der Waals surface area contributed by atoms with Crippen molar-refractivity contribution >= 4 is 5.97 Å². The Bertz CT molecular complexity index is 209. The molecule has 1 rings (SSSR count). The molecule has 1 aliphatic rings. The summed E-state index contributed by atoms with van der Waals surface area (Å²) < 4.78 is 10.2. The quantitative estimate of drug-likeness (QED) is 0.644. The van der Waals surface area contributed by atoms with Gasteiger partial charge in [0.2, 0.25) is 0 Å². The third kappa shape index (κ3) is 4.92. The van der Waals surface area contributed by atoms with Gasteiger partial charge in [0.15, 0.2) is 0 Å². The average molecular weight is 230 g/mol. The number of methoxy groups -OCH3 is 1. The highest BCUT2D eigenvalue weighted by Crippen LogP contribution is 2.06. The van der Waals surface area contributed by atoms with Crippen LogP contribution in [0.25, 0.3) is 0 Å². The van der Waals surface area contributed by atoms with Gasteiger partial charge < -0.3 is 14.8 Å². The highest BCUT2D eigenvalue weighted by atomic mass is 16.5. The lowest BCUT2D eigenvalue weighted by molar-refractivity contribution is -0.140. The maximum Gasteiger partial charge on any atom is 0.305 e. The lowest BCUT2D eigenvalue weighted by Crippen LogP contribution is -2.46. The topological polar surface area (TPSA) is 50.8 Å². The fourth-order valence-electron chi connectivity index (χ4n) is 1.88. The van der Waals surface area contributed by atoms with Crippen molar-refractivity contribution < 1.29 is 14.3 Å². The number of hydrogen-bond acceptors (Lipinski definition) is 5. The van der Waals surface area contributed by atoms with E-state index in [0.717, 1.165) is 39.2 Å². The standard InChI is InChI=1S/C11H22N2O3/c1-12-8-10-9-13(6-7-16-10)5-3-4-11(14)15-2/h10,12H,3-9H2,1-2H3. The van der Waals surface area contributed by atoms with E-state index in [1.165, 1.54) is 7.11 Å². The predicted octanol–water partition coefficient (Wildman–Crippen LogP) is -0.140. The summed E-state index contributed by atoms with van der Waals surface area (Å²) in [6.07, 6.45) is 1.64. The van der Waals surface area contributed by atoms with Crippen molar-refractivity contribution in [1.29, 1.82) is 0 Å². The van der Waals surface area contributed by atoms with Gasteiger partial charge in [-0.25, -0.2) is 0 Å². The van der Waals surface area contributed by atoms with Crippen LogP contribution in [0.4, 0.5) is 0 Å². The molecule has 1 fully saturated rings. The molecule has 0 radical (unpaired) electrons. The van der Waals surface area contributed by atoms with E-state index in [1.54, 1.807) is 0 Å². The van der Waals surface area contributed by atoms with Crippen LogP contribution in [0.1, 0.15) is 12.8 Å². The number of morpholine rings is 1. The molecular weight excluding hydrogens is 208 g/mol. The Morgan fingerprint density at radius 3 is 3.12 bits per heavy atom. The van der Waals surface area contributed by atoms with Gasteiger partial charge in [-0.15, -0.1) is 0 Å². The minimum Gasteiger partial charge on any atom is -0.469 e. The number of carbonyl (C=O) groups is 1. The number of ether oxygens (including phenoxy) is 2. The van der Waals surface area contributed by atoms with Gasteiger partial charge in [0.1, 0.15) is 0 Å². The first-order valence-corrected chi connectivity index (χ1v) is 5.81. The van der Waals surface area contributed by atoms with Crippen LogP contribution in [-0.2, 0) is 14.3 Å². The number of likely N-dealkylation sites (N-methyl/N-ethyl adjacent to an activating group) is 1. The molecule has 1 N–H and O–H groups in total. The van der Waals surface area contributed by atoms with Crippen LogP contribution >= 0.6 is 0 Å². The summed E-state index contributed by atoms with van der Waals surface area (Å²) in [6.45, 7) is 4.51. The van der Waals surface area contributed by atoms with Crippen molar-refractivity contribution in [1.82, 2.24) is 10.2 Å². The molecule has 16 heavy (non-hydrogen) atoms. The van der Waals surface area contributed by atoms with Crippen molar-refractivity contribution in [2.45, 2.75) is 18.9 Å². The molecule has 1 unspecified atom stereocenters. The lowest BCUT2D eigenvalue weighted by Gasteiger charge is -2.32. The van der Waals surface area contributed by atoms with Crippen molar-refractivity contribution in [2.24, 2.45) is 0 Å². The first-order chi connectivity index (χ1) is 7.76. The third-order valence-electron chi connectivity index (χ3n) is 2.74. The molecule has 1 heterocycles. The summed E-state index contributed by atoms with van der Waals surface area (Å²) in [6, 6.07) is 0. The summed E-state index contributed by atoms with van der Waals surface area (Å²) >= 11 is 0. The molecule has 5 heteroatoms. The van der Waals surface area contributed by atoms with E-state index >= 15 is 0 Å². The minimum atomic E-state index is -0.125. The summed E-state index contributed by atoms with van der Waals surface area (Å²) in [5.74, 6) is -0.125.